The maximum atomic E-state index is 4.02. The summed E-state index contributed by atoms with van der Waals surface area (Å²) < 4.78 is 1.82. The Morgan fingerprint density at radius 3 is 2.75 bits per heavy atom. The number of benzene rings is 1. The number of tetrazole rings is 1. The second-order valence-corrected chi connectivity index (χ2v) is 3.69. The van der Waals surface area contributed by atoms with E-state index in [1.165, 1.54) is 5.56 Å². The molecule has 5 nitrogen and oxygen atoms in total. The van der Waals surface area contributed by atoms with Crippen molar-refractivity contribution < 1.29 is 0 Å². The highest BCUT2D eigenvalue weighted by Gasteiger charge is 2.12. The predicted molar refractivity (Wildman–Crippen MR) is 60.8 cm³/mol. The lowest BCUT2D eigenvalue weighted by Crippen LogP contribution is -2.19. The second kappa shape index (κ2) is 4.85. The summed E-state index contributed by atoms with van der Waals surface area (Å²) in [5.41, 5.74) is 1.19. The molecule has 0 fully saturated rings. The van der Waals surface area contributed by atoms with Crippen molar-refractivity contribution in [2.45, 2.75) is 19.5 Å². The molecule has 1 N–H and O–H groups in total. The number of nitrogens with one attached hydrogen (secondary N) is 1. The van der Waals surface area contributed by atoms with Crippen LogP contribution in [0, 0.1) is 0 Å². The Balaban J connectivity index is 2.19. The molecule has 0 saturated heterocycles. The summed E-state index contributed by atoms with van der Waals surface area (Å²) in [5.74, 6) is 0.853. The van der Waals surface area contributed by atoms with Crippen LogP contribution in [0.1, 0.15) is 24.4 Å². The summed E-state index contributed by atoms with van der Waals surface area (Å²) in [7, 11) is 1.90. The van der Waals surface area contributed by atoms with Gasteiger partial charge in [0.05, 0.1) is 12.6 Å². The van der Waals surface area contributed by atoms with Crippen LogP contribution in [-0.2, 0) is 6.54 Å². The Bertz CT molecular complexity index is 437. The fraction of sp³-hybridized carbons (Fsp3) is 0.364. The Morgan fingerprint density at radius 2 is 2.06 bits per heavy atom. The van der Waals surface area contributed by atoms with Gasteiger partial charge < -0.3 is 5.32 Å². The molecule has 0 aliphatic rings. The fourth-order valence-electron chi connectivity index (χ4n) is 1.52. The Morgan fingerprint density at radius 1 is 1.31 bits per heavy atom. The largest absolute Gasteiger partial charge is 0.311 e. The van der Waals surface area contributed by atoms with Crippen LogP contribution in [0.2, 0.25) is 0 Å². The summed E-state index contributed by atoms with van der Waals surface area (Å²) in [4.78, 5) is 0. The molecular weight excluding hydrogens is 202 g/mol. The van der Waals surface area contributed by atoms with Crippen LogP contribution in [-0.4, -0.2) is 27.3 Å². The second-order valence-electron chi connectivity index (χ2n) is 3.69. The van der Waals surface area contributed by atoms with Crippen LogP contribution in [0.4, 0.5) is 0 Å². The molecule has 1 heterocycles. The molecule has 2 aromatic rings. The maximum Gasteiger partial charge on any atom is 0.168 e. The van der Waals surface area contributed by atoms with Crippen molar-refractivity contribution >= 4 is 0 Å². The molecule has 0 aliphatic heterocycles. The van der Waals surface area contributed by atoms with E-state index in [1.54, 1.807) is 0 Å². The monoisotopic (exact) mass is 217 g/mol. The lowest BCUT2D eigenvalue weighted by molar-refractivity contribution is 0.540. The van der Waals surface area contributed by atoms with Crippen LogP contribution < -0.4 is 5.32 Å². The zero-order valence-corrected chi connectivity index (χ0v) is 9.46. The third-order valence-electron chi connectivity index (χ3n) is 2.56. The first-order valence-electron chi connectivity index (χ1n) is 5.28. The summed E-state index contributed by atoms with van der Waals surface area (Å²) in [6.07, 6.45) is 0. The molecule has 0 radical (unpaired) electrons. The smallest absolute Gasteiger partial charge is 0.168 e. The molecule has 0 amide bonds. The zero-order chi connectivity index (χ0) is 11.4. The summed E-state index contributed by atoms with van der Waals surface area (Å²) in [6, 6.07) is 10.3. The highest BCUT2D eigenvalue weighted by molar-refractivity contribution is 5.15. The Hall–Kier alpha value is -1.75. The first kappa shape index (κ1) is 10.8. The predicted octanol–water partition coefficient (Wildman–Crippen LogP) is 1.00. The average Bonchev–Trinajstić information content (AvgIpc) is 2.77. The minimum absolute atomic E-state index is 0.152. The van der Waals surface area contributed by atoms with E-state index < -0.39 is 0 Å². The van der Waals surface area contributed by atoms with Crippen molar-refractivity contribution in [1.29, 1.82) is 0 Å². The van der Waals surface area contributed by atoms with Crippen LogP contribution in [0.5, 0.6) is 0 Å². The number of aromatic nitrogens is 4. The van der Waals surface area contributed by atoms with Crippen molar-refractivity contribution in [2.24, 2.45) is 0 Å². The van der Waals surface area contributed by atoms with E-state index in [4.69, 9.17) is 0 Å². The molecule has 0 aliphatic carbocycles. The van der Waals surface area contributed by atoms with Crippen molar-refractivity contribution in [1.82, 2.24) is 25.5 Å². The third-order valence-corrected chi connectivity index (χ3v) is 2.56. The van der Waals surface area contributed by atoms with Crippen molar-refractivity contribution in [3.8, 4) is 0 Å². The molecule has 2 rings (SSSR count). The van der Waals surface area contributed by atoms with Gasteiger partial charge in [0.15, 0.2) is 5.82 Å². The van der Waals surface area contributed by atoms with Gasteiger partial charge in [-0.25, -0.2) is 4.68 Å². The van der Waals surface area contributed by atoms with E-state index in [-0.39, 0.29) is 6.04 Å². The van der Waals surface area contributed by atoms with Gasteiger partial charge in [0.1, 0.15) is 0 Å². The van der Waals surface area contributed by atoms with Gasteiger partial charge in [0, 0.05) is 0 Å². The van der Waals surface area contributed by atoms with Crippen LogP contribution >= 0.6 is 0 Å². The van der Waals surface area contributed by atoms with E-state index in [0.29, 0.717) is 6.54 Å². The van der Waals surface area contributed by atoms with Gasteiger partial charge >= 0.3 is 0 Å². The van der Waals surface area contributed by atoms with E-state index >= 15 is 0 Å². The highest BCUT2D eigenvalue weighted by atomic mass is 15.5. The van der Waals surface area contributed by atoms with E-state index in [0.717, 1.165) is 5.82 Å². The Kier molecular flexibility index (Phi) is 3.26. The van der Waals surface area contributed by atoms with Crippen LogP contribution in [0.3, 0.4) is 0 Å². The summed E-state index contributed by atoms with van der Waals surface area (Å²) >= 11 is 0. The minimum Gasteiger partial charge on any atom is -0.311 e. The molecule has 0 spiro atoms. The summed E-state index contributed by atoms with van der Waals surface area (Å²) in [6.45, 7) is 2.74. The molecule has 1 atom stereocenters. The normalized spacial score (nSPS) is 12.6. The molecule has 16 heavy (non-hydrogen) atoms. The number of rotatable bonds is 4. The van der Waals surface area contributed by atoms with Gasteiger partial charge in [0.25, 0.3) is 0 Å². The maximum absolute atomic E-state index is 4.02. The molecule has 1 aromatic carbocycles. The van der Waals surface area contributed by atoms with Crippen molar-refractivity contribution in [2.75, 3.05) is 7.05 Å². The molecule has 0 saturated carbocycles. The van der Waals surface area contributed by atoms with E-state index in [9.17, 15) is 0 Å². The average molecular weight is 217 g/mol. The van der Waals surface area contributed by atoms with Gasteiger partial charge in [0.2, 0.25) is 0 Å². The van der Waals surface area contributed by atoms with Crippen LogP contribution in [0.15, 0.2) is 30.3 Å². The standard InChI is InChI=1S/C11H15N5/c1-9(12-2)11-13-14-15-16(11)8-10-6-4-3-5-7-10/h3-7,9,12H,8H2,1-2H3. The van der Waals surface area contributed by atoms with Crippen molar-refractivity contribution in [3.63, 3.8) is 0 Å². The third kappa shape index (κ3) is 2.25. The molecule has 5 heteroatoms. The van der Waals surface area contributed by atoms with Gasteiger partial charge in [-0.1, -0.05) is 30.3 Å². The van der Waals surface area contributed by atoms with Gasteiger partial charge in [-0.3, -0.25) is 0 Å². The lowest BCUT2D eigenvalue weighted by Gasteiger charge is -2.10. The SMILES string of the molecule is CNC(C)c1nnnn1Cc1ccccc1. The van der Waals surface area contributed by atoms with Gasteiger partial charge in [-0.15, -0.1) is 5.10 Å². The molecule has 1 unspecified atom stereocenters. The summed E-state index contributed by atoms with van der Waals surface area (Å²) in [5, 5.41) is 14.9. The molecule has 1 aromatic heterocycles. The number of hydrogen-bond acceptors (Lipinski definition) is 4. The molecule has 84 valence electrons. The van der Waals surface area contributed by atoms with E-state index in [2.05, 4.69) is 33.0 Å². The Labute approximate surface area is 94.5 Å². The van der Waals surface area contributed by atoms with Crippen molar-refractivity contribution in [3.05, 3.63) is 41.7 Å². The van der Waals surface area contributed by atoms with Gasteiger partial charge in [-0.2, -0.15) is 0 Å². The van der Waals surface area contributed by atoms with Crippen LogP contribution in [0.25, 0.3) is 0 Å². The minimum atomic E-state index is 0.152. The first-order chi connectivity index (χ1) is 7.81. The number of hydrogen-bond donors (Lipinski definition) is 1. The quantitative estimate of drug-likeness (QED) is 0.830. The highest BCUT2D eigenvalue weighted by Crippen LogP contribution is 2.09. The van der Waals surface area contributed by atoms with Gasteiger partial charge in [-0.05, 0) is 30.0 Å². The fourth-order valence-corrected chi connectivity index (χ4v) is 1.52. The lowest BCUT2D eigenvalue weighted by atomic mass is 10.2. The first-order valence-corrected chi connectivity index (χ1v) is 5.28. The molecular formula is C11H15N5. The molecule has 0 bridgehead atoms. The zero-order valence-electron chi connectivity index (χ0n) is 9.46. The topological polar surface area (TPSA) is 55.6 Å². The number of nitrogens with zero attached hydrogens (tertiary/aromatic N) is 4. The van der Waals surface area contributed by atoms with E-state index in [1.807, 2.05) is 36.9 Å².